The number of hydrogen-bond donors (Lipinski definition) is 0. The zero-order valence-corrected chi connectivity index (χ0v) is 16.6. The first kappa shape index (κ1) is 19.4. The maximum atomic E-state index is 2.46. The molecule has 0 N–H and O–H groups in total. The average Bonchev–Trinajstić information content (AvgIpc) is 3.01. The Balaban J connectivity index is 0.000000694. The van der Waals surface area contributed by atoms with Gasteiger partial charge in [-0.05, 0) is 36.5 Å². The second kappa shape index (κ2) is 7.14. The largest absolute Gasteiger partial charge is 3.00 e. The van der Waals surface area contributed by atoms with Crippen molar-refractivity contribution in [1.82, 2.24) is 0 Å². The molecule has 0 aliphatic heterocycles. The van der Waals surface area contributed by atoms with Gasteiger partial charge in [0, 0.05) is 0 Å². The first-order valence-corrected chi connectivity index (χ1v) is 7.82. The van der Waals surface area contributed by atoms with E-state index in [2.05, 4.69) is 55.5 Å². The molecule has 0 atom stereocenters. The summed E-state index contributed by atoms with van der Waals surface area (Å²) in [6.45, 7) is 2.25. The molecular weight excluding hydrogens is 371 g/mol. The third-order valence-electron chi connectivity index (χ3n) is 5.26. The predicted molar refractivity (Wildman–Crippen MR) is 90.8 cm³/mol. The van der Waals surface area contributed by atoms with E-state index >= 15 is 0 Å². The Morgan fingerprint density at radius 3 is 2.38 bits per heavy atom. The van der Waals surface area contributed by atoms with E-state index in [1.165, 1.54) is 51.1 Å². The van der Waals surface area contributed by atoms with Crippen molar-refractivity contribution in [3.8, 4) is 0 Å². The standard InChI is InChI=1S/C21H17.2ClH.Ti/c1-13-5-4-8-15(13)20-12-21-16-7-3-2-6-14(16)11-19(21)17-9-10-18(17)20;;;/h2-7,11-12H,8-10H2,1H3;2*1H;/q-1;;;+3/p-2. The quantitative estimate of drug-likeness (QED) is 0.392. The van der Waals surface area contributed by atoms with Crippen molar-refractivity contribution < 1.29 is 46.5 Å². The van der Waals surface area contributed by atoms with E-state index in [1.807, 2.05) is 0 Å². The molecule has 0 unspecified atom stereocenters. The molecule has 0 fully saturated rings. The van der Waals surface area contributed by atoms with Crippen LogP contribution in [0.5, 0.6) is 0 Å². The third-order valence-corrected chi connectivity index (χ3v) is 5.26. The SMILES string of the molecule is CC1=C(c2cc3c([cH-]c4ccccc43)c3c2CC3)CC=C1.[Cl-].[Cl-].[Ti+3]. The molecule has 0 saturated carbocycles. The summed E-state index contributed by atoms with van der Waals surface area (Å²) < 4.78 is 0. The van der Waals surface area contributed by atoms with Crippen LogP contribution in [-0.2, 0) is 34.6 Å². The summed E-state index contributed by atoms with van der Waals surface area (Å²) in [7, 11) is 0. The summed E-state index contributed by atoms with van der Waals surface area (Å²) in [4.78, 5) is 0. The summed E-state index contributed by atoms with van der Waals surface area (Å²) in [5.74, 6) is 0. The molecule has 3 heteroatoms. The number of rotatable bonds is 1. The molecule has 0 spiro atoms. The van der Waals surface area contributed by atoms with Gasteiger partial charge < -0.3 is 24.8 Å². The van der Waals surface area contributed by atoms with E-state index in [1.54, 1.807) is 11.1 Å². The monoisotopic (exact) mass is 387 g/mol. The molecule has 3 aromatic carbocycles. The smallest absolute Gasteiger partial charge is 1.00 e. The summed E-state index contributed by atoms with van der Waals surface area (Å²) >= 11 is 0. The van der Waals surface area contributed by atoms with Gasteiger partial charge in [-0.25, -0.2) is 0 Å². The Kier molecular flexibility index (Phi) is 5.77. The Morgan fingerprint density at radius 1 is 0.958 bits per heavy atom. The van der Waals surface area contributed by atoms with E-state index < -0.39 is 0 Å². The molecule has 0 bridgehead atoms. The fraction of sp³-hybridized carbons (Fsp3) is 0.190. The molecular formula is C21H17Cl2Ti. The van der Waals surface area contributed by atoms with Crippen LogP contribution in [-0.4, -0.2) is 0 Å². The molecule has 2 aliphatic carbocycles. The normalized spacial score (nSPS) is 14.7. The maximum Gasteiger partial charge on any atom is 3.00 e. The summed E-state index contributed by atoms with van der Waals surface area (Å²) in [5, 5.41) is 5.73. The fourth-order valence-corrected chi connectivity index (χ4v) is 4.06. The minimum atomic E-state index is 0. The second-order valence-electron chi connectivity index (χ2n) is 6.34. The second-order valence-corrected chi connectivity index (χ2v) is 6.34. The Labute approximate surface area is 170 Å². The number of benzene rings is 2. The number of hydrogen-bond acceptors (Lipinski definition) is 0. The van der Waals surface area contributed by atoms with Crippen LogP contribution in [0.1, 0.15) is 30.0 Å². The Hall–Kier alpha value is -0.916. The van der Waals surface area contributed by atoms with E-state index in [-0.39, 0.29) is 46.5 Å². The van der Waals surface area contributed by atoms with Crippen LogP contribution in [0.15, 0.2) is 54.1 Å². The van der Waals surface area contributed by atoms with Gasteiger partial charge in [-0.3, -0.25) is 0 Å². The summed E-state index contributed by atoms with van der Waals surface area (Å²) in [6, 6.07) is 13.6. The van der Waals surface area contributed by atoms with Gasteiger partial charge in [-0.1, -0.05) is 48.4 Å². The first-order valence-electron chi connectivity index (χ1n) is 7.82. The van der Waals surface area contributed by atoms with Crippen molar-refractivity contribution in [1.29, 1.82) is 0 Å². The molecule has 119 valence electrons. The molecule has 0 heterocycles. The molecule has 1 radical (unpaired) electrons. The van der Waals surface area contributed by atoms with Gasteiger partial charge in [0.25, 0.3) is 0 Å². The zero-order valence-electron chi connectivity index (χ0n) is 13.5. The maximum absolute atomic E-state index is 2.46. The minimum absolute atomic E-state index is 0. The van der Waals surface area contributed by atoms with Crippen LogP contribution in [0.4, 0.5) is 0 Å². The summed E-state index contributed by atoms with van der Waals surface area (Å²) in [6.07, 6.45) is 8.16. The van der Waals surface area contributed by atoms with Crippen LogP contribution in [0.25, 0.3) is 27.1 Å². The van der Waals surface area contributed by atoms with Crippen LogP contribution >= 0.6 is 0 Å². The first-order chi connectivity index (χ1) is 10.3. The van der Waals surface area contributed by atoms with Crippen molar-refractivity contribution in [3.63, 3.8) is 0 Å². The van der Waals surface area contributed by atoms with Crippen LogP contribution in [0, 0.1) is 0 Å². The van der Waals surface area contributed by atoms with Crippen molar-refractivity contribution >= 4 is 27.1 Å². The Morgan fingerprint density at radius 2 is 1.71 bits per heavy atom. The van der Waals surface area contributed by atoms with Crippen molar-refractivity contribution in [2.45, 2.75) is 26.2 Å². The molecule has 3 aromatic rings. The molecule has 0 nitrogen and oxygen atoms in total. The zero-order chi connectivity index (χ0) is 14.0. The van der Waals surface area contributed by atoms with E-state index in [9.17, 15) is 0 Å². The van der Waals surface area contributed by atoms with Gasteiger partial charge >= 0.3 is 21.7 Å². The van der Waals surface area contributed by atoms with Crippen LogP contribution in [0.2, 0.25) is 0 Å². The van der Waals surface area contributed by atoms with E-state index in [0.717, 1.165) is 6.42 Å². The number of fused-ring (bicyclic) bond motifs is 5. The molecule has 5 rings (SSSR count). The average molecular weight is 388 g/mol. The van der Waals surface area contributed by atoms with E-state index in [0.29, 0.717) is 0 Å². The minimum Gasteiger partial charge on any atom is -1.00 e. The fourth-order valence-electron chi connectivity index (χ4n) is 4.06. The van der Waals surface area contributed by atoms with E-state index in [4.69, 9.17) is 0 Å². The van der Waals surface area contributed by atoms with Gasteiger partial charge in [0.2, 0.25) is 0 Å². The van der Waals surface area contributed by atoms with Crippen molar-refractivity contribution in [2.24, 2.45) is 0 Å². The third kappa shape index (κ3) is 2.61. The van der Waals surface area contributed by atoms with Crippen molar-refractivity contribution in [3.05, 3.63) is 70.8 Å². The topological polar surface area (TPSA) is 0 Å². The predicted octanol–water partition coefficient (Wildman–Crippen LogP) is -0.451. The number of halogens is 2. The number of allylic oxidation sites excluding steroid dienone is 4. The number of aryl methyl sites for hydroxylation is 1. The van der Waals surface area contributed by atoms with Crippen molar-refractivity contribution in [2.75, 3.05) is 0 Å². The van der Waals surface area contributed by atoms with Crippen LogP contribution in [0.3, 0.4) is 0 Å². The Bertz CT molecular complexity index is 976. The molecule has 24 heavy (non-hydrogen) atoms. The van der Waals surface area contributed by atoms with Gasteiger partial charge in [0.05, 0.1) is 0 Å². The van der Waals surface area contributed by atoms with Gasteiger partial charge in [-0.15, -0.1) is 39.2 Å². The molecule has 0 saturated heterocycles. The van der Waals surface area contributed by atoms with Gasteiger partial charge in [0.1, 0.15) is 0 Å². The van der Waals surface area contributed by atoms with Crippen LogP contribution < -0.4 is 24.8 Å². The molecule has 0 amide bonds. The molecule has 2 aliphatic rings. The van der Waals surface area contributed by atoms with Gasteiger partial charge in [-0.2, -0.15) is 0 Å². The summed E-state index contributed by atoms with van der Waals surface area (Å²) in [5.41, 5.74) is 7.71. The van der Waals surface area contributed by atoms with Gasteiger partial charge in [0.15, 0.2) is 0 Å². The molecule has 0 aromatic heterocycles.